The number of aryl methyl sites for hydroxylation is 1. The number of ether oxygens (including phenoxy) is 1. The van der Waals surface area contributed by atoms with Crippen LogP contribution in [0.15, 0.2) is 33.8 Å². The molecule has 1 N–H and O–H groups in total. The van der Waals surface area contributed by atoms with Crippen LogP contribution in [0.4, 0.5) is 5.69 Å². The van der Waals surface area contributed by atoms with Crippen LogP contribution in [0.25, 0.3) is 0 Å². The third-order valence-electron chi connectivity index (χ3n) is 4.49. The number of hydrogen-bond donors (Lipinski definition) is 1. The number of benzene rings is 1. The summed E-state index contributed by atoms with van der Waals surface area (Å²) in [6.07, 6.45) is 1.79. The van der Waals surface area contributed by atoms with Crippen molar-refractivity contribution in [2.24, 2.45) is 5.10 Å². The Labute approximate surface area is 166 Å². The van der Waals surface area contributed by atoms with Crippen LogP contribution in [0, 0.1) is 17.0 Å². The average molecular weight is 399 g/mol. The quantitative estimate of drug-likeness (QED) is 0.466. The van der Waals surface area contributed by atoms with E-state index in [2.05, 4.69) is 10.5 Å². The largest absolute Gasteiger partial charge is 0.457 e. The fourth-order valence-electron chi connectivity index (χ4n) is 3.16. The Kier molecular flexibility index (Phi) is 5.76. The molecule has 3 rings (SSSR count). The Morgan fingerprint density at radius 1 is 1.24 bits per heavy atom. The zero-order chi connectivity index (χ0) is 21.1. The van der Waals surface area contributed by atoms with Crippen molar-refractivity contribution in [2.45, 2.75) is 46.1 Å². The third kappa shape index (κ3) is 4.34. The molecule has 0 saturated carbocycles. The molecule has 1 heterocycles. The van der Waals surface area contributed by atoms with Gasteiger partial charge in [0.15, 0.2) is 0 Å². The van der Waals surface area contributed by atoms with Gasteiger partial charge in [0.1, 0.15) is 5.76 Å². The van der Waals surface area contributed by atoms with Crippen LogP contribution in [0.2, 0.25) is 0 Å². The number of non-ortho nitro benzene ring substituents is 1. The van der Waals surface area contributed by atoms with E-state index in [1.165, 1.54) is 24.3 Å². The second kappa shape index (κ2) is 8.26. The molecule has 9 heteroatoms. The Morgan fingerprint density at radius 2 is 1.93 bits per heavy atom. The number of nitrogens with one attached hydrogen (secondary N) is 1. The number of hydrazone groups is 1. The minimum Gasteiger partial charge on any atom is -0.457 e. The van der Waals surface area contributed by atoms with Crippen molar-refractivity contribution >= 4 is 23.3 Å². The number of carbonyl (C=O) groups is 2. The first kappa shape index (κ1) is 20.2. The molecule has 0 saturated heterocycles. The first-order chi connectivity index (χ1) is 13.8. The Hall–Kier alpha value is -3.49. The minimum absolute atomic E-state index is 0.0976. The highest BCUT2D eigenvalue weighted by Gasteiger charge is 2.29. The van der Waals surface area contributed by atoms with Gasteiger partial charge in [0, 0.05) is 35.2 Å². The number of furan rings is 1. The second-order valence-electron chi connectivity index (χ2n) is 6.97. The molecular weight excluding hydrogens is 378 g/mol. The summed E-state index contributed by atoms with van der Waals surface area (Å²) in [4.78, 5) is 34.7. The lowest BCUT2D eigenvalue weighted by molar-refractivity contribution is -0.384. The van der Waals surface area contributed by atoms with Gasteiger partial charge in [0.05, 0.1) is 16.7 Å². The zero-order valence-electron chi connectivity index (χ0n) is 16.4. The van der Waals surface area contributed by atoms with Gasteiger partial charge in [-0.05, 0) is 45.7 Å². The number of rotatable bonds is 5. The highest BCUT2D eigenvalue weighted by Crippen LogP contribution is 2.30. The second-order valence-corrected chi connectivity index (χ2v) is 6.97. The van der Waals surface area contributed by atoms with Crippen molar-refractivity contribution in [1.29, 1.82) is 0 Å². The van der Waals surface area contributed by atoms with Crippen LogP contribution in [0.3, 0.4) is 0 Å². The lowest BCUT2D eigenvalue weighted by Crippen LogP contribution is -2.22. The highest BCUT2D eigenvalue weighted by molar-refractivity contribution is 6.06. The number of amides is 1. The Morgan fingerprint density at radius 3 is 2.55 bits per heavy atom. The van der Waals surface area contributed by atoms with Gasteiger partial charge in [-0.2, -0.15) is 5.10 Å². The summed E-state index contributed by atoms with van der Waals surface area (Å²) in [5.41, 5.74) is 4.60. The molecule has 1 aliphatic rings. The van der Waals surface area contributed by atoms with Crippen molar-refractivity contribution < 1.29 is 23.7 Å². The SMILES string of the molecule is Cc1c(C(=O)OC(C)C)oc2c1/C(=N/NC(=O)c1ccc([N+](=O)[O-])cc1)CCC2. The monoisotopic (exact) mass is 399 g/mol. The van der Waals surface area contributed by atoms with Gasteiger partial charge >= 0.3 is 5.97 Å². The molecule has 0 radical (unpaired) electrons. The van der Waals surface area contributed by atoms with Crippen LogP contribution in [0.1, 0.15) is 64.5 Å². The zero-order valence-corrected chi connectivity index (χ0v) is 16.4. The van der Waals surface area contributed by atoms with Crippen molar-refractivity contribution in [3.63, 3.8) is 0 Å². The van der Waals surface area contributed by atoms with E-state index in [1.807, 2.05) is 0 Å². The minimum atomic E-state index is -0.533. The Balaban J connectivity index is 1.81. The van der Waals surface area contributed by atoms with Gasteiger partial charge in [0.25, 0.3) is 11.6 Å². The molecule has 1 aromatic heterocycles. The first-order valence-electron chi connectivity index (χ1n) is 9.23. The summed E-state index contributed by atoms with van der Waals surface area (Å²) in [7, 11) is 0. The molecule has 0 bridgehead atoms. The predicted octanol–water partition coefficient (Wildman–Crippen LogP) is 3.53. The molecule has 2 aromatic rings. The number of nitro benzene ring substituents is 1. The van der Waals surface area contributed by atoms with Crippen molar-refractivity contribution in [2.75, 3.05) is 0 Å². The molecular formula is C20H21N3O6. The molecule has 29 heavy (non-hydrogen) atoms. The van der Waals surface area contributed by atoms with Gasteiger partial charge in [0.2, 0.25) is 5.76 Å². The van der Waals surface area contributed by atoms with Crippen molar-refractivity contribution in [1.82, 2.24) is 5.43 Å². The van der Waals surface area contributed by atoms with E-state index in [9.17, 15) is 19.7 Å². The van der Waals surface area contributed by atoms with Crippen LogP contribution in [-0.4, -0.2) is 28.6 Å². The van der Waals surface area contributed by atoms with Gasteiger partial charge in [-0.1, -0.05) is 0 Å². The van der Waals surface area contributed by atoms with Gasteiger partial charge in [-0.25, -0.2) is 10.2 Å². The smallest absolute Gasteiger partial charge is 0.374 e. The van der Waals surface area contributed by atoms with Crippen LogP contribution in [0.5, 0.6) is 0 Å². The standard InChI is InChI=1S/C20H21N3O6/c1-11(2)28-20(25)18-12(3)17-15(5-4-6-16(17)29-18)21-22-19(24)13-7-9-14(10-8-13)23(26)27/h7-11H,4-6H2,1-3H3,(H,22,24)/b21-15+. The van der Waals surface area contributed by atoms with Crippen LogP contribution < -0.4 is 5.43 Å². The molecule has 0 atom stereocenters. The summed E-state index contributed by atoms with van der Waals surface area (Å²) >= 11 is 0. The van der Waals surface area contributed by atoms with Gasteiger partial charge in [-0.3, -0.25) is 14.9 Å². The van der Waals surface area contributed by atoms with Crippen molar-refractivity contribution in [3.8, 4) is 0 Å². The fourth-order valence-corrected chi connectivity index (χ4v) is 3.16. The molecule has 1 amide bonds. The summed E-state index contributed by atoms with van der Waals surface area (Å²) in [5.74, 6) is -0.214. The summed E-state index contributed by atoms with van der Waals surface area (Å²) in [6.45, 7) is 5.28. The first-order valence-corrected chi connectivity index (χ1v) is 9.23. The maximum atomic E-state index is 12.3. The summed E-state index contributed by atoms with van der Waals surface area (Å²) in [6, 6.07) is 5.24. The van der Waals surface area contributed by atoms with E-state index < -0.39 is 16.8 Å². The summed E-state index contributed by atoms with van der Waals surface area (Å²) in [5, 5.41) is 14.9. The van der Waals surface area contributed by atoms with Crippen LogP contribution >= 0.6 is 0 Å². The molecule has 0 spiro atoms. The lowest BCUT2D eigenvalue weighted by atomic mass is 9.93. The van der Waals surface area contributed by atoms with E-state index in [4.69, 9.17) is 9.15 Å². The van der Waals surface area contributed by atoms with E-state index >= 15 is 0 Å². The number of hydrogen-bond acceptors (Lipinski definition) is 7. The van der Waals surface area contributed by atoms with Gasteiger partial charge in [-0.15, -0.1) is 0 Å². The average Bonchev–Trinajstić information content (AvgIpc) is 3.03. The molecule has 0 unspecified atom stereocenters. The fraction of sp³-hybridized carbons (Fsp3) is 0.350. The van der Waals surface area contributed by atoms with E-state index in [-0.39, 0.29) is 23.1 Å². The number of esters is 1. The normalized spacial score (nSPS) is 14.6. The number of carbonyl (C=O) groups excluding carboxylic acids is 2. The van der Waals surface area contributed by atoms with Crippen molar-refractivity contribution in [3.05, 3.63) is 62.6 Å². The van der Waals surface area contributed by atoms with Gasteiger partial charge < -0.3 is 9.15 Å². The molecule has 1 aromatic carbocycles. The molecule has 152 valence electrons. The maximum Gasteiger partial charge on any atom is 0.374 e. The third-order valence-corrected chi connectivity index (χ3v) is 4.49. The lowest BCUT2D eigenvalue weighted by Gasteiger charge is -2.13. The van der Waals surface area contributed by atoms with Crippen LogP contribution in [-0.2, 0) is 11.2 Å². The number of nitro groups is 1. The maximum absolute atomic E-state index is 12.3. The highest BCUT2D eigenvalue weighted by atomic mass is 16.6. The Bertz CT molecular complexity index is 988. The molecule has 9 nitrogen and oxygen atoms in total. The topological polar surface area (TPSA) is 124 Å². The molecule has 0 fully saturated rings. The molecule has 1 aliphatic carbocycles. The molecule has 0 aliphatic heterocycles. The summed E-state index contributed by atoms with van der Waals surface area (Å²) < 4.78 is 10.9. The van der Waals surface area contributed by atoms with E-state index in [0.29, 0.717) is 29.9 Å². The number of fused-ring (bicyclic) bond motifs is 1. The van der Waals surface area contributed by atoms with E-state index in [1.54, 1.807) is 20.8 Å². The van der Waals surface area contributed by atoms with E-state index in [0.717, 1.165) is 12.0 Å². The number of nitrogens with zero attached hydrogens (tertiary/aromatic N) is 2. The predicted molar refractivity (Wildman–Crippen MR) is 104 cm³/mol.